The molecule has 0 amide bonds. The molecular weight excluding hydrogens is 284 g/mol. The van der Waals surface area contributed by atoms with E-state index in [0.717, 1.165) is 10.4 Å². The lowest BCUT2D eigenvalue weighted by Crippen LogP contribution is -2.25. The number of thiophene rings is 1. The fraction of sp³-hybridized carbons (Fsp3) is 0.333. The maximum absolute atomic E-state index is 12.2. The van der Waals surface area contributed by atoms with Crippen LogP contribution in [-0.4, -0.2) is 8.42 Å². The van der Waals surface area contributed by atoms with Crippen molar-refractivity contribution in [2.75, 3.05) is 0 Å². The Hall–Kier alpha value is -1.15. The number of hydrogen-bond acceptors (Lipinski definition) is 5. The van der Waals surface area contributed by atoms with Gasteiger partial charge in [0.05, 0.1) is 12.3 Å². The fourth-order valence-electron chi connectivity index (χ4n) is 1.71. The van der Waals surface area contributed by atoms with Crippen molar-refractivity contribution in [1.29, 1.82) is 0 Å². The van der Waals surface area contributed by atoms with E-state index in [0.29, 0.717) is 12.3 Å². The molecule has 3 N–H and O–H groups in total. The quantitative estimate of drug-likeness (QED) is 0.886. The second kappa shape index (κ2) is 5.46. The first kappa shape index (κ1) is 14.3. The van der Waals surface area contributed by atoms with Gasteiger partial charge in [0, 0.05) is 11.4 Å². The predicted molar refractivity (Wildman–Crippen MR) is 74.4 cm³/mol. The molecule has 2 aromatic heterocycles. The molecule has 0 spiro atoms. The molecule has 0 radical (unpaired) electrons. The third kappa shape index (κ3) is 3.06. The van der Waals surface area contributed by atoms with Crippen LogP contribution in [0.5, 0.6) is 0 Å². The van der Waals surface area contributed by atoms with Crippen LogP contribution in [0.4, 0.5) is 0 Å². The Morgan fingerprint density at radius 2 is 2.26 bits per heavy atom. The standard InChI is InChI=1S/C12H16N2O3S2/c1-8-6-12(18-11(8)7-13)19(15,16)14-9(2)10-4-3-5-17-10/h3-6,9,14H,7,13H2,1-2H3. The second-order valence-corrected chi connectivity index (χ2v) is 7.31. The summed E-state index contributed by atoms with van der Waals surface area (Å²) < 4.78 is 32.5. The van der Waals surface area contributed by atoms with Crippen LogP contribution < -0.4 is 10.5 Å². The molecule has 0 bridgehead atoms. The molecule has 2 heterocycles. The minimum absolute atomic E-state index is 0.281. The molecule has 1 atom stereocenters. The molecule has 7 heteroatoms. The van der Waals surface area contributed by atoms with Gasteiger partial charge in [0.25, 0.3) is 10.0 Å². The number of hydrogen-bond donors (Lipinski definition) is 2. The molecule has 0 aliphatic carbocycles. The molecule has 19 heavy (non-hydrogen) atoms. The maximum atomic E-state index is 12.2. The lowest BCUT2D eigenvalue weighted by molar-refractivity contribution is 0.459. The first-order valence-corrected chi connectivity index (χ1v) is 8.09. The Kier molecular flexibility index (Phi) is 4.10. The summed E-state index contributed by atoms with van der Waals surface area (Å²) in [4.78, 5) is 0.881. The van der Waals surface area contributed by atoms with Crippen molar-refractivity contribution in [3.05, 3.63) is 40.7 Å². The van der Waals surface area contributed by atoms with Gasteiger partial charge in [0.2, 0.25) is 0 Å². The molecule has 0 saturated carbocycles. The molecule has 0 aliphatic heterocycles. The lowest BCUT2D eigenvalue weighted by atomic mass is 10.3. The van der Waals surface area contributed by atoms with Crippen LogP contribution in [0.3, 0.4) is 0 Å². The number of aryl methyl sites for hydroxylation is 1. The third-order valence-corrected chi connectivity index (χ3v) is 6.02. The molecule has 2 rings (SSSR count). The number of sulfonamides is 1. The highest BCUT2D eigenvalue weighted by Gasteiger charge is 2.22. The van der Waals surface area contributed by atoms with Gasteiger partial charge >= 0.3 is 0 Å². The molecule has 1 unspecified atom stereocenters. The largest absolute Gasteiger partial charge is 0.468 e. The van der Waals surface area contributed by atoms with Crippen LogP contribution in [0.25, 0.3) is 0 Å². The van der Waals surface area contributed by atoms with Gasteiger partial charge in [-0.25, -0.2) is 13.1 Å². The van der Waals surface area contributed by atoms with E-state index in [1.54, 1.807) is 25.1 Å². The van der Waals surface area contributed by atoms with E-state index in [1.165, 1.54) is 17.6 Å². The van der Waals surface area contributed by atoms with Gasteiger partial charge in [-0.2, -0.15) is 0 Å². The summed E-state index contributed by atoms with van der Waals surface area (Å²) >= 11 is 1.20. The first-order chi connectivity index (χ1) is 8.94. The van der Waals surface area contributed by atoms with Crippen molar-refractivity contribution >= 4 is 21.4 Å². The van der Waals surface area contributed by atoms with Gasteiger partial charge in [-0.3, -0.25) is 0 Å². The van der Waals surface area contributed by atoms with Crippen molar-refractivity contribution in [2.45, 2.75) is 30.6 Å². The smallest absolute Gasteiger partial charge is 0.250 e. The van der Waals surface area contributed by atoms with Gasteiger partial charge in [-0.05, 0) is 37.6 Å². The normalized spacial score (nSPS) is 13.6. The zero-order chi connectivity index (χ0) is 14.0. The highest BCUT2D eigenvalue weighted by Crippen LogP contribution is 2.27. The monoisotopic (exact) mass is 300 g/mol. The van der Waals surface area contributed by atoms with Crippen molar-refractivity contribution in [1.82, 2.24) is 4.72 Å². The van der Waals surface area contributed by atoms with E-state index in [-0.39, 0.29) is 4.21 Å². The Balaban J connectivity index is 2.22. The number of nitrogens with one attached hydrogen (secondary N) is 1. The average Bonchev–Trinajstić information content (AvgIpc) is 2.96. The van der Waals surface area contributed by atoms with E-state index in [4.69, 9.17) is 10.2 Å². The van der Waals surface area contributed by atoms with Crippen LogP contribution in [0, 0.1) is 6.92 Å². The minimum atomic E-state index is -3.54. The highest BCUT2D eigenvalue weighted by atomic mass is 32.2. The Bertz CT molecular complexity index is 645. The minimum Gasteiger partial charge on any atom is -0.468 e. The van der Waals surface area contributed by atoms with E-state index in [2.05, 4.69) is 4.72 Å². The van der Waals surface area contributed by atoms with Crippen molar-refractivity contribution in [2.24, 2.45) is 5.73 Å². The number of rotatable bonds is 5. The van der Waals surface area contributed by atoms with Crippen LogP contribution in [-0.2, 0) is 16.6 Å². The summed E-state index contributed by atoms with van der Waals surface area (Å²) in [5, 5.41) is 0. The fourth-order valence-corrected chi connectivity index (χ4v) is 4.41. The summed E-state index contributed by atoms with van der Waals surface area (Å²) in [6, 6.07) is 4.69. The van der Waals surface area contributed by atoms with E-state index in [1.807, 2.05) is 6.92 Å². The van der Waals surface area contributed by atoms with Gasteiger partial charge in [0.15, 0.2) is 0 Å². The molecule has 0 fully saturated rings. The molecule has 104 valence electrons. The van der Waals surface area contributed by atoms with Crippen LogP contribution in [0.1, 0.15) is 29.2 Å². The highest BCUT2D eigenvalue weighted by molar-refractivity contribution is 7.91. The van der Waals surface area contributed by atoms with Gasteiger partial charge in [-0.1, -0.05) is 0 Å². The third-order valence-electron chi connectivity index (χ3n) is 2.75. The summed E-state index contributed by atoms with van der Waals surface area (Å²) in [6.07, 6.45) is 1.52. The van der Waals surface area contributed by atoms with Crippen LogP contribution >= 0.6 is 11.3 Å². The second-order valence-electron chi connectivity index (χ2n) is 4.23. The number of furan rings is 1. The molecule has 0 aliphatic rings. The average molecular weight is 300 g/mol. The van der Waals surface area contributed by atoms with Gasteiger partial charge in [0.1, 0.15) is 9.97 Å². The van der Waals surface area contributed by atoms with E-state index >= 15 is 0 Å². The Morgan fingerprint density at radius 1 is 1.53 bits per heavy atom. The maximum Gasteiger partial charge on any atom is 0.250 e. The van der Waals surface area contributed by atoms with E-state index < -0.39 is 16.1 Å². The predicted octanol–water partition coefficient (Wildman–Crippen LogP) is 2.15. The summed E-state index contributed by atoms with van der Waals surface area (Å²) in [6.45, 7) is 3.94. The summed E-state index contributed by atoms with van der Waals surface area (Å²) in [5.41, 5.74) is 6.47. The van der Waals surface area contributed by atoms with Crippen LogP contribution in [0.2, 0.25) is 0 Å². The first-order valence-electron chi connectivity index (χ1n) is 5.79. The zero-order valence-electron chi connectivity index (χ0n) is 10.7. The Labute approximate surface area is 116 Å². The SMILES string of the molecule is Cc1cc(S(=O)(=O)NC(C)c2ccco2)sc1CN. The molecule has 0 aromatic carbocycles. The van der Waals surface area contributed by atoms with E-state index in [9.17, 15) is 8.42 Å². The molecule has 0 saturated heterocycles. The summed E-state index contributed by atoms with van der Waals surface area (Å²) in [7, 11) is -3.54. The van der Waals surface area contributed by atoms with Crippen LogP contribution in [0.15, 0.2) is 33.1 Å². The van der Waals surface area contributed by atoms with Gasteiger partial charge in [-0.15, -0.1) is 11.3 Å². The topological polar surface area (TPSA) is 85.3 Å². The molecule has 5 nitrogen and oxygen atoms in total. The van der Waals surface area contributed by atoms with Crippen molar-refractivity contribution in [3.8, 4) is 0 Å². The Morgan fingerprint density at radius 3 is 2.79 bits per heavy atom. The summed E-state index contributed by atoms with van der Waals surface area (Å²) in [5.74, 6) is 0.580. The lowest BCUT2D eigenvalue weighted by Gasteiger charge is -2.10. The zero-order valence-corrected chi connectivity index (χ0v) is 12.3. The molecular formula is C12H16N2O3S2. The number of nitrogens with two attached hydrogens (primary N) is 1. The van der Waals surface area contributed by atoms with Gasteiger partial charge < -0.3 is 10.2 Å². The van der Waals surface area contributed by atoms with Crippen molar-refractivity contribution in [3.63, 3.8) is 0 Å². The molecule has 2 aromatic rings. The van der Waals surface area contributed by atoms with Crippen molar-refractivity contribution < 1.29 is 12.8 Å².